The molecule has 0 bridgehead atoms. The van der Waals surface area contributed by atoms with Gasteiger partial charge in [0.05, 0.1) is 6.04 Å². The Morgan fingerprint density at radius 2 is 2.22 bits per heavy atom. The van der Waals surface area contributed by atoms with Gasteiger partial charge in [0.2, 0.25) is 11.8 Å². The molecule has 1 rings (SSSR count). The van der Waals surface area contributed by atoms with Gasteiger partial charge < -0.3 is 16.0 Å². The topological polar surface area (TPSA) is 70.2 Å². The van der Waals surface area contributed by atoms with Crippen molar-refractivity contribution in [2.45, 2.75) is 64.6 Å². The molecule has 0 saturated carbocycles. The molecule has 0 aromatic carbocycles. The fourth-order valence-corrected chi connectivity index (χ4v) is 1.83. The van der Waals surface area contributed by atoms with E-state index in [2.05, 4.69) is 22.9 Å². The van der Waals surface area contributed by atoms with Gasteiger partial charge in [-0.25, -0.2) is 0 Å². The first-order chi connectivity index (χ1) is 8.34. The van der Waals surface area contributed by atoms with Crippen molar-refractivity contribution < 1.29 is 9.59 Å². The van der Waals surface area contributed by atoms with Crippen LogP contribution in [0.3, 0.4) is 0 Å². The SMILES string of the molecule is CCC(C)(C)NC(=O)C(C)NC1CCC(=O)NC1. The maximum absolute atomic E-state index is 12.0. The molecule has 1 heterocycles. The van der Waals surface area contributed by atoms with Gasteiger partial charge in [-0.3, -0.25) is 9.59 Å². The molecular formula is C13H25N3O2. The van der Waals surface area contributed by atoms with E-state index in [1.54, 1.807) is 0 Å². The van der Waals surface area contributed by atoms with Crippen LogP contribution in [0.2, 0.25) is 0 Å². The number of nitrogens with one attached hydrogen (secondary N) is 3. The Kier molecular flexibility index (Phi) is 5.14. The van der Waals surface area contributed by atoms with E-state index in [1.807, 2.05) is 20.8 Å². The van der Waals surface area contributed by atoms with Gasteiger partial charge in [-0.15, -0.1) is 0 Å². The first-order valence-electron chi connectivity index (χ1n) is 6.69. The molecule has 1 saturated heterocycles. The monoisotopic (exact) mass is 255 g/mol. The Morgan fingerprint density at radius 1 is 1.56 bits per heavy atom. The number of rotatable bonds is 5. The Labute approximate surface area is 109 Å². The van der Waals surface area contributed by atoms with Crippen LogP contribution in [0.4, 0.5) is 0 Å². The van der Waals surface area contributed by atoms with Crippen molar-refractivity contribution >= 4 is 11.8 Å². The molecule has 2 amide bonds. The first kappa shape index (κ1) is 15.0. The van der Waals surface area contributed by atoms with Crippen LogP contribution in [0.1, 0.15) is 47.0 Å². The summed E-state index contributed by atoms with van der Waals surface area (Å²) >= 11 is 0. The smallest absolute Gasteiger partial charge is 0.237 e. The van der Waals surface area contributed by atoms with Gasteiger partial charge in [0, 0.05) is 24.5 Å². The maximum Gasteiger partial charge on any atom is 0.237 e. The van der Waals surface area contributed by atoms with Crippen LogP contribution in [0.15, 0.2) is 0 Å². The lowest BCUT2D eigenvalue weighted by molar-refractivity contribution is -0.124. The summed E-state index contributed by atoms with van der Waals surface area (Å²) < 4.78 is 0. The summed E-state index contributed by atoms with van der Waals surface area (Å²) in [5.41, 5.74) is -0.173. The normalized spacial score (nSPS) is 22.2. The van der Waals surface area contributed by atoms with E-state index in [1.165, 1.54) is 0 Å². The Balaban J connectivity index is 2.38. The first-order valence-corrected chi connectivity index (χ1v) is 6.69. The lowest BCUT2D eigenvalue weighted by Gasteiger charge is -2.30. The molecule has 1 aliphatic heterocycles. The average molecular weight is 255 g/mol. The number of piperidine rings is 1. The zero-order valence-electron chi connectivity index (χ0n) is 11.8. The van der Waals surface area contributed by atoms with E-state index in [9.17, 15) is 9.59 Å². The fraction of sp³-hybridized carbons (Fsp3) is 0.846. The number of hydrogen-bond donors (Lipinski definition) is 3. The molecular weight excluding hydrogens is 230 g/mol. The third-order valence-corrected chi connectivity index (χ3v) is 3.49. The van der Waals surface area contributed by atoms with E-state index in [0.29, 0.717) is 13.0 Å². The van der Waals surface area contributed by atoms with E-state index in [-0.39, 0.29) is 29.4 Å². The van der Waals surface area contributed by atoms with Gasteiger partial charge >= 0.3 is 0 Å². The minimum atomic E-state index is -0.240. The summed E-state index contributed by atoms with van der Waals surface area (Å²) in [5.74, 6) is 0.107. The van der Waals surface area contributed by atoms with E-state index >= 15 is 0 Å². The predicted molar refractivity (Wildman–Crippen MR) is 71.1 cm³/mol. The molecule has 0 aliphatic carbocycles. The quantitative estimate of drug-likeness (QED) is 0.672. The summed E-state index contributed by atoms with van der Waals surface area (Å²) in [6.07, 6.45) is 2.22. The fourth-order valence-electron chi connectivity index (χ4n) is 1.83. The molecule has 1 aliphatic rings. The predicted octanol–water partition coefficient (Wildman–Crippen LogP) is 0.548. The highest BCUT2D eigenvalue weighted by Crippen LogP contribution is 2.08. The van der Waals surface area contributed by atoms with Gasteiger partial charge in [-0.2, -0.15) is 0 Å². The van der Waals surface area contributed by atoms with Crippen molar-refractivity contribution in [2.75, 3.05) is 6.54 Å². The average Bonchev–Trinajstić information content (AvgIpc) is 2.31. The summed E-state index contributed by atoms with van der Waals surface area (Å²) in [7, 11) is 0. The lowest BCUT2D eigenvalue weighted by atomic mass is 10.0. The van der Waals surface area contributed by atoms with Crippen LogP contribution in [0.5, 0.6) is 0 Å². The van der Waals surface area contributed by atoms with Crippen LogP contribution in [0, 0.1) is 0 Å². The van der Waals surface area contributed by atoms with Crippen molar-refractivity contribution in [1.29, 1.82) is 0 Å². The highest BCUT2D eigenvalue weighted by Gasteiger charge is 2.25. The number of carbonyl (C=O) groups is 2. The van der Waals surface area contributed by atoms with E-state index < -0.39 is 0 Å². The zero-order chi connectivity index (χ0) is 13.8. The van der Waals surface area contributed by atoms with Crippen LogP contribution >= 0.6 is 0 Å². The molecule has 5 heteroatoms. The summed E-state index contributed by atoms with van der Waals surface area (Å²) in [5, 5.41) is 9.08. The third kappa shape index (κ3) is 4.64. The van der Waals surface area contributed by atoms with Gasteiger partial charge in [0.25, 0.3) is 0 Å². The maximum atomic E-state index is 12.0. The standard InChI is InChI=1S/C13H25N3O2/c1-5-13(3,4)16-12(18)9(2)15-10-6-7-11(17)14-8-10/h9-10,15H,5-8H2,1-4H3,(H,14,17)(H,16,18). The van der Waals surface area contributed by atoms with Crippen molar-refractivity contribution in [3.63, 3.8) is 0 Å². The van der Waals surface area contributed by atoms with Crippen molar-refractivity contribution in [3.05, 3.63) is 0 Å². The lowest BCUT2D eigenvalue weighted by Crippen LogP contribution is -2.55. The summed E-state index contributed by atoms with van der Waals surface area (Å²) in [6.45, 7) is 8.54. The molecule has 104 valence electrons. The molecule has 0 radical (unpaired) electrons. The molecule has 2 atom stereocenters. The highest BCUT2D eigenvalue weighted by molar-refractivity contribution is 5.82. The Hall–Kier alpha value is -1.10. The molecule has 1 fully saturated rings. The van der Waals surface area contributed by atoms with Gasteiger partial charge in [0.1, 0.15) is 0 Å². The third-order valence-electron chi connectivity index (χ3n) is 3.49. The van der Waals surface area contributed by atoms with Crippen LogP contribution in [0.25, 0.3) is 0 Å². The van der Waals surface area contributed by atoms with Gasteiger partial charge in [-0.05, 0) is 33.6 Å². The van der Waals surface area contributed by atoms with Gasteiger partial charge in [-0.1, -0.05) is 6.92 Å². The second-order valence-electron chi connectivity index (χ2n) is 5.65. The minimum absolute atomic E-state index is 0.0127. The molecule has 5 nitrogen and oxygen atoms in total. The van der Waals surface area contributed by atoms with Gasteiger partial charge in [0.15, 0.2) is 0 Å². The largest absolute Gasteiger partial charge is 0.355 e. The minimum Gasteiger partial charge on any atom is -0.355 e. The summed E-state index contributed by atoms with van der Waals surface area (Å²) in [6, 6.07) is -0.0518. The number of hydrogen-bond acceptors (Lipinski definition) is 3. The second-order valence-corrected chi connectivity index (χ2v) is 5.65. The molecule has 0 spiro atoms. The molecule has 0 aromatic rings. The molecule has 18 heavy (non-hydrogen) atoms. The highest BCUT2D eigenvalue weighted by atomic mass is 16.2. The number of carbonyl (C=O) groups excluding carboxylic acids is 2. The Morgan fingerprint density at radius 3 is 2.72 bits per heavy atom. The summed E-state index contributed by atoms with van der Waals surface area (Å²) in [4.78, 5) is 23.0. The zero-order valence-corrected chi connectivity index (χ0v) is 11.8. The number of amides is 2. The molecule has 3 N–H and O–H groups in total. The van der Waals surface area contributed by atoms with Crippen LogP contribution in [-0.4, -0.2) is 36.0 Å². The second kappa shape index (κ2) is 6.18. The van der Waals surface area contributed by atoms with E-state index in [4.69, 9.17) is 0 Å². The van der Waals surface area contributed by atoms with Crippen molar-refractivity contribution in [1.82, 2.24) is 16.0 Å². The Bertz CT molecular complexity index is 305. The van der Waals surface area contributed by atoms with Crippen LogP contribution < -0.4 is 16.0 Å². The van der Waals surface area contributed by atoms with E-state index in [0.717, 1.165) is 12.8 Å². The molecule has 0 aromatic heterocycles. The van der Waals surface area contributed by atoms with Crippen molar-refractivity contribution in [3.8, 4) is 0 Å². The molecule has 2 unspecified atom stereocenters. The van der Waals surface area contributed by atoms with Crippen molar-refractivity contribution in [2.24, 2.45) is 0 Å². The van der Waals surface area contributed by atoms with Crippen LogP contribution in [-0.2, 0) is 9.59 Å².